The fourth-order valence-corrected chi connectivity index (χ4v) is 4.11. The van der Waals surface area contributed by atoms with E-state index in [1.54, 1.807) is 19.3 Å². The van der Waals surface area contributed by atoms with Crippen molar-refractivity contribution in [1.82, 2.24) is 0 Å². The Morgan fingerprint density at radius 1 is 1.17 bits per heavy atom. The molecule has 2 heteroatoms. The maximum atomic E-state index is 2.66. The summed E-state index contributed by atoms with van der Waals surface area (Å²) in [5.74, 6) is 3.37. The third kappa shape index (κ3) is 1.79. The third-order valence-corrected chi connectivity index (χ3v) is 7.75. The van der Waals surface area contributed by atoms with E-state index in [9.17, 15) is 0 Å². The van der Waals surface area contributed by atoms with Crippen molar-refractivity contribution in [3.8, 4) is 0 Å². The Morgan fingerprint density at radius 2 is 1.92 bits per heavy atom. The molecule has 0 aliphatic heterocycles. The van der Waals surface area contributed by atoms with Crippen LogP contribution in [0.3, 0.4) is 0 Å². The Hall–Kier alpha value is 1.46. The van der Waals surface area contributed by atoms with Gasteiger partial charge < -0.3 is 0 Å². The van der Waals surface area contributed by atoms with Crippen molar-refractivity contribution < 1.29 is 0 Å². The van der Waals surface area contributed by atoms with Gasteiger partial charge in [-0.05, 0) is 30.6 Å². The summed E-state index contributed by atoms with van der Waals surface area (Å²) in [4.78, 5) is 0. The van der Waals surface area contributed by atoms with E-state index in [1.807, 2.05) is 0 Å². The Bertz CT molecular complexity index is 143. The molecule has 0 N–H and O–H groups in total. The Labute approximate surface area is 103 Å². The summed E-state index contributed by atoms with van der Waals surface area (Å²) in [6.07, 6.45) is 7.69. The zero-order chi connectivity index (χ0) is 8.55. The van der Waals surface area contributed by atoms with Crippen LogP contribution in [0.1, 0.15) is 32.1 Å². The molecule has 0 radical (unpaired) electrons. The molecule has 0 aromatic carbocycles. The first-order chi connectivity index (χ1) is 5.83. The van der Waals surface area contributed by atoms with Crippen LogP contribution in [0, 0.1) is 17.8 Å². The van der Waals surface area contributed by atoms with Crippen molar-refractivity contribution in [2.45, 2.75) is 36.0 Å². The summed E-state index contributed by atoms with van der Waals surface area (Å²) < 4.78 is 2.31. The minimum absolute atomic E-state index is 0.961. The lowest BCUT2D eigenvalue weighted by molar-refractivity contribution is 0.0606. The van der Waals surface area contributed by atoms with Gasteiger partial charge in [-0.2, -0.15) is 0 Å². The highest BCUT2D eigenvalue weighted by Crippen LogP contribution is 2.50. The average molecular weight is 390 g/mol. The van der Waals surface area contributed by atoms with E-state index in [4.69, 9.17) is 0 Å². The second-order valence-electron chi connectivity index (χ2n) is 4.27. The molecule has 2 aliphatic carbocycles. The summed E-state index contributed by atoms with van der Waals surface area (Å²) in [6.45, 7) is 0. The van der Waals surface area contributed by atoms with Crippen molar-refractivity contribution in [3.05, 3.63) is 0 Å². The molecule has 0 amide bonds. The molecule has 2 fully saturated rings. The molecule has 2 rings (SSSR count). The predicted octanol–water partition coefficient (Wildman–Crippen LogP) is 4.05. The van der Waals surface area contributed by atoms with Crippen molar-refractivity contribution in [2.24, 2.45) is 17.8 Å². The second-order valence-corrected chi connectivity index (χ2v) is 6.75. The molecule has 3 unspecified atom stereocenters. The van der Waals surface area contributed by atoms with Gasteiger partial charge in [-0.3, -0.25) is 0 Å². The summed E-state index contributed by atoms with van der Waals surface area (Å²) >= 11 is 5.21. The Balaban J connectivity index is 1.83. The third-order valence-electron chi connectivity index (χ3n) is 3.75. The molecule has 0 spiro atoms. The molecular weight excluding hydrogens is 374 g/mol. The minimum atomic E-state index is 0.961. The number of hydrogen-bond donors (Lipinski definition) is 0. The molecule has 70 valence electrons. The van der Waals surface area contributed by atoms with Gasteiger partial charge in [-0.1, -0.05) is 64.4 Å². The van der Waals surface area contributed by atoms with Crippen LogP contribution in [0.15, 0.2) is 0 Å². The first kappa shape index (κ1) is 9.99. The van der Waals surface area contributed by atoms with Crippen LogP contribution in [-0.2, 0) is 0 Å². The molecule has 3 atom stereocenters. The quantitative estimate of drug-likeness (QED) is 0.504. The molecule has 0 saturated heterocycles. The van der Waals surface area contributed by atoms with E-state index in [0.29, 0.717) is 0 Å². The number of alkyl halides is 2. The number of hydrogen-bond acceptors (Lipinski definition) is 0. The van der Waals surface area contributed by atoms with Gasteiger partial charge in [0.1, 0.15) is 0 Å². The van der Waals surface area contributed by atoms with Crippen LogP contribution in [0.25, 0.3) is 0 Å². The molecule has 12 heavy (non-hydrogen) atoms. The molecule has 0 bridgehead atoms. The molecule has 2 saturated carbocycles. The predicted molar refractivity (Wildman–Crippen MR) is 70.3 cm³/mol. The van der Waals surface area contributed by atoms with Gasteiger partial charge in [0.25, 0.3) is 0 Å². The lowest BCUT2D eigenvalue weighted by atomic mass is 9.60. The van der Waals surface area contributed by atoms with E-state index in [2.05, 4.69) is 45.2 Å². The minimum Gasteiger partial charge on any atom is -0.0852 e. The zero-order valence-corrected chi connectivity index (χ0v) is 11.6. The van der Waals surface area contributed by atoms with Gasteiger partial charge >= 0.3 is 0 Å². The molecular formula is C10H16I2. The van der Waals surface area contributed by atoms with Crippen LogP contribution in [-0.4, -0.2) is 8.35 Å². The normalized spacial score (nSPS) is 38.5. The van der Waals surface area contributed by atoms with E-state index < -0.39 is 0 Å². The summed E-state index contributed by atoms with van der Waals surface area (Å²) in [7, 11) is 0. The average Bonchev–Trinajstić information content (AvgIpc) is 1.93. The first-order valence-electron chi connectivity index (χ1n) is 5.03. The van der Waals surface area contributed by atoms with Gasteiger partial charge in [-0.15, -0.1) is 0 Å². The van der Waals surface area contributed by atoms with Gasteiger partial charge in [0.05, 0.1) is 0 Å². The van der Waals surface area contributed by atoms with Crippen LogP contribution in [0.5, 0.6) is 0 Å². The van der Waals surface area contributed by atoms with E-state index in [-0.39, 0.29) is 0 Å². The summed E-state index contributed by atoms with van der Waals surface area (Å²) in [6, 6.07) is 0. The molecule has 0 nitrogen and oxygen atoms in total. The lowest BCUT2D eigenvalue weighted by Gasteiger charge is -2.47. The van der Waals surface area contributed by atoms with Crippen LogP contribution < -0.4 is 0 Å². The summed E-state index contributed by atoms with van der Waals surface area (Å²) in [5, 5.41) is 0. The van der Waals surface area contributed by atoms with Crippen LogP contribution in [0.2, 0.25) is 0 Å². The highest BCUT2D eigenvalue weighted by molar-refractivity contribution is 14.1. The first-order valence-corrected chi connectivity index (χ1v) is 7.80. The summed E-state index contributed by atoms with van der Waals surface area (Å²) in [5.41, 5.74) is 0. The van der Waals surface area contributed by atoms with E-state index in [0.717, 1.165) is 21.7 Å². The largest absolute Gasteiger partial charge is 0.0852 e. The van der Waals surface area contributed by atoms with Gasteiger partial charge in [0.15, 0.2) is 0 Å². The highest BCUT2D eigenvalue weighted by Gasteiger charge is 2.41. The van der Waals surface area contributed by atoms with Crippen molar-refractivity contribution in [1.29, 1.82) is 0 Å². The van der Waals surface area contributed by atoms with Crippen molar-refractivity contribution in [3.63, 3.8) is 0 Å². The molecule has 0 heterocycles. The van der Waals surface area contributed by atoms with Crippen molar-refractivity contribution in [2.75, 3.05) is 4.43 Å². The SMILES string of the molecule is ICC(I)C1CCC1C1CCC1. The zero-order valence-electron chi connectivity index (χ0n) is 7.31. The molecule has 2 aliphatic rings. The second kappa shape index (κ2) is 4.32. The fraction of sp³-hybridized carbons (Fsp3) is 1.00. The lowest BCUT2D eigenvalue weighted by Crippen LogP contribution is -2.40. The molecule has 0 aromatic rings. The van der Waals surface area contributed by atoms with Crippen molar-refractivity contribution >= 4 is 45.2 Å². The van der Waals surface area contributed by atoms with Crippen LogP contribution in [0.4, 0.5) is 0 Å². The standard InChI is InChI=1S/C10H16I2/c11-6-10(12)9-5-4-8(9)7-2-1-3-7/h7-10H,1-6H2. The van der Waals surface area contributed by atoms with Gasteiger partial charge in [0.2, 0.25) is 0 Å². The Morgan fingerprint density at radius 3 is 2.25 bits per heavy atom. The van der Waals surface area contributed by atoms with Gasteiger partial charge in [-0.25, -0.2) is 0 Å². The maximum absolute atomic E-state index is 2.66. The fourth-order valence-electron chi connectivity index (χ4n) is 2.57. The molecule has 0 aromatic heterocycles. The maximum Gasteiger partial charge on any atom is 0.0230 e. The van der Waals surface area contributed by atoms with E-state index in [1.165, 1.54) is 17.3 Å². The van der Waals surface area contributed by atoms with Gasteiger partial charge in [0, 0.05) is 8.35 Å². The van der Waals surface area contributed by atoms with E-state index >= 15 is 0 Å². The smallest absolute Gasteiger partial charge is 0.0230 e. The highest BCUT2D eigenvalue weighted by atomic mass is 127. The Kier molecular flexibility index (Phi) is 3.60. The monoisotopic (exact) mass is 390 g/mol. The number of rotatable bonds is 3. The van der Waals surface area contributed by atoms with Crippen LogP contribution >= 0.6 is 45.2 Å². The topological polar surface area (TPSA) is 0 Å². The number of halogens is 2.